The van der Waals surface area contributed by atoms with Gasteiger partial charge in [-0.3, -0.25) is 19.2 Å². The van der Waals surface area contributed by atoms with Crippen molar-refractivity contribution in [2.75, 3.05) is 26.4 Å². The number of ether oxygens (including phenoxy) is 5. The fraction of sp³-hybridized carbons (Fsp3) is 0.811. The fourth-order valence-electron chi connectivity index (χ4n) is 7.51. The highest BCUT2D eigenvalue weighted by Crippen LogP contribution is 2.17. The van der Waals surface area contributed by atoms with Crippen molar-refractivity contribution in [3.63, 3.8) is 0 Å². The van der Waals surface area contributed by atoms with Gasteiger partial charge in [0.05, 0.1) is 0 Å². The highest BCUT2D eigenvalue weighted by atomic mass is 16.6. The van der Waals surface area contributed by atoms with Gasteiger partial charge in [-0.2, -0.15) is 0 Å². The SMILES string of the molecule is CCCCCCCCCCCCCCCC(=O)OCC(COC(=O)CCCCCCCCCCCCCCC)OC(=O)CC(=O)OC(CNC(C)C)COc1ccc(CCC)cc1. The van der Waals surface area contributed by atoms with Gasteiger partial charge < -0.3 is 29.0 Å². The van der Waals surface area contributed by atoms with Crippen LogP contribution in [-0.2, 0) is 44.5 Å². The number of hydrogen-bond acceptors (Lipinski definition) is 10. The van der Waals surface area contributed by atoms with Gasteiger partial charge in [0.1, 0.15) is 38.1 Å². The van der Waals surface area contributed by atoms with Crippen molar-refractivity contribution in [1.82, 2.24) is 5.32 Å². The van der Waals surface area contributed by atoms with Gasteiger partial charge in [0, 0.05) is 25.4 Å². The molecule has 10 heteroatoms. The summed E-state index contributed by atoms with van der Waals surface area (Å²) < 4.78 is 28.2. The van der Waals surface area contributed by atoms with Gasteiger partial charge in [0.25, 0.3) is 0 Å². The third-order valence-electron chi connectivity index (χ3n) is 11.4. The molecular formula is C53H93NO9. The van der Waals surface area contributed by atoms with Crippen LogP contribution in [-0.4, -0.2) is 68.5 Å². The third-order valence-corrected chi connectivity index (χ3v) is 11.4. The number of rotatable bonds is 44. The predicted molar refractivity (Wildman–Crippen MR) is 256 cm³/mol. The van der Waals surface area contributed by atoms with Gasteiger partial charge in [0.2, 0.25) is 0 Å². The zero-order valence-electron chi connectivity index (χ0n) is 41.0. The van der Waals surface area contributed by atoms with Gasteiger partial charge in [0.15, 0.2) is 6.10 Å². The number of esters is 4. The summed E-state index contributed by atoms with van der Waals surface area (Å²) in [7, 11) is 0. The van der Waals surface area contributed by atoms with E-state index in [1.807, 2.05) is 38.1 Å². The lowest BCUT2D eigenvalue weighted by Gasteiger charge is -2.21. The molecule has 10 nitrogen and oxygen atoms in total. The normalized spacial score (nSPS) is 11.8. The standard InChI is InChI=1S/C53H93NO9/c1-6-9-11-13-15-17-19-21-23-25-27-29-31-34-50(55)60-43-49(44-61-51(56)35-32-30-28-26-24-22-20-18-16-14-12-10-7-2)63-53(58)40-52(57)62-48(41-54-45(4)5)42-59-47-38-36-46(33-8-3)37-39-47/h36-39,45,48-49,54H,6-35,40-44H2,1-5H3. The van der Waals surface area contributed by atoms with Gasteiger partial charge in [-0.15, -0.1) is 0 Å². The Balaban J connectivity index is 2.57. The maximum absolute atomic E-state index is 13.0. The maximum atomic E-state index is 13.0. The van der Waals surface area contributed by atoms with Gasteiger partial charge in [-0.25, -0.2) is 0 Å². The van der Waals surface area contributed by atoms with Crippen LogP contribution in [0.15, 0.2) is 24.3 Å². The minimum atomic E-state index is -1.05. The van der Waals surface area contributed by atoms with Crippen molar-refractivity contribution in [2.45, 2.75) is 252 Å². The number of unbranched alkanes of at least 4 members (excludes halogenated alkanes) is 24. The van der Waals surface area contributed by atoms with E-state index in [4.69, 9.17) is 23.7 Å². The minimum Gasteiger partial charge on any atom is -0.490 e. The molecule has 0 aliphatic heterocycles. The molecule has 1 N–H and O–H groups in total. The Kier molecular flexibility index (Phi) is 38.2. The summed E-state index contributed by atoms with van der Waals surface area (Å²) in [4.78, 5) is 51.4. The van der Waals surface area contributed by atoms with Crippen molar-refractivity contribution in [1.29, 1.82) is 0 Å². The van der Waals surface area contributed by atoms with E-state index in [1.165, 1.54) is 134 Å². The quantitative estimate of drug-likeness (QED) is 0.0293. The lowest BCUT2D eigenvalue weighted by atomic mass is 10.0. The summed E-state index contributed by atoms with van der Waals surface area (Å²) in [6.45, 7) is 10.5. The first-order chi connectivity index (χ1) is 30.7. The minimum absolute atomic E-state index is 0.0979. The van der Waals surface area contributed by atoms with E-state index in [2.05, 4.69) is 26.1 Å². The van der Waals surface area contributed by atoms with Gasteiger partial charge >= 0.3 is 23.9 Å². The van der Waals surface area contributed by atoms with Crippen LogP contribution in [0.2, 0.25) is 0 Å². The molecule has 0 aliphatic rings. The molecule has 1 unspecified atom stereocenters. The molecule has 0 aliphatic carbocycles. The van der Waals surface area contributed by atoms with Crippen LogP contribution in [0.25, 0.3) is 0 Å². The second-order valence-electron chi connectivity index (χ2n) is 18.0. The molecule has 1 atom stereocenters. The topological polar surface area (TPSA) is 126 Å². The first kappa shape index (κ1) is 57.9. The van der Waals surface area contributed by atoms with E-state index in [0.717, 1.165) is 51.4 Å². The lowest BCUT2D eigenvalue weighted by Crippen LogP contribution is -2.39. The highest BCUT2D eigenvalue weighted by Gasteiger charge is 2.24. The molecule has 0 amide bonds. The molecule has 364 valence electrons. The van der Waals surface area contributed by atoms with E-state index in [0.29, 0.717) is 12.3 Å². The van der Waals surface area contributed by atoms with Crippen LogP contribution < -0.4 is 10.1 Å². The number of hydrogen-bond donors (Lipinski definition) is 1. The van der Waals surface area contributed by atoms with E-state index >= 15 is 0 Å². The van der Waals surface area contributed by atoms with Crippen molar-refractivity contribution in [2.24, 2.45) is 0 Å². The monoisotopic (exact) mass is 888 g/mol. The predicted octanol–water partition coefficient (Wildman–Crippen LogP) is 13.3. The molecule has 0 saturated heterocycles. The van der Waals surface area contributed by atoms with Crippen LogP contribution >= 0.6 is 0 Å². The summed E-state index contributed by atoms with van der Waals surface area (Å²) >= 11 is 0. The average molecular weight is 888 g/mol. The molecular weight excluding hydrogens is 795 g/mol. The zero-order chi connectivity index (χ0) is 46.0. The number of aryl methyl sites for hydroxylation is 1. The number of nitrogens with one attached hydrogen (secondary N) is 1. The van der Waals surface area contributed by atoms with E-state index in [9.17, 15) is 19.2 Å². The van der Waals surface area contributed by atoms with Crippen LogP contribution in [0, 0.1) is 0 Å². The van der Waals surface area contributed by atoms with Crippen LogP contribution in [0.4, 0.5) is 0 Å². The Hall–Kier alpha value is -3.14. The molecule has 1 aromatic carbocycles. The Morgan fingerprint density at radius 3 is 1.22 bits per heavy atom. The summed E-state index contributed by atoms with van der Waals surface area (Å²) in [5, 5.41) is 3.26. The summed E-state index contributed by atoms with van der Waals surface area (Å²) in [5.74, 6) is -1.74. The molecule has 0 aromatic heterocycles. The molecule has 63 heavy (non-hydrogen) atoms. The van der Waals surface area contributed by atoms with Crippen LogP contribution in [0.5, 0.6) is 5.75 Å². The van der Waals surface area contributed by atoms with Gasteiger partial charge in [-0.05, 0) is 37.0 Å². The second kappa shape index (κ2) is 41.6. The Morgan fingerprint density at radius 1 is 0.460 bits per heavy atom. The van der Waals surface area contributed by atoms with Crippen molar-refractivity contribution in [3.8, 4) is 5.75 Å². The van der Waals surface area contributed by atoms with E-state index < -0.39 is 42.5 Å². The Morgan fingerprint density at radius 2 is 0.841 bits per heavy atom. The van der Waals surface area contributed by atoms with Crippen molar-refractivity contribution < 1.29 is 42.9 Å². The first-order valence-electron chi connectivity index (χ1n) is 25.8. The maximum Gasteiger partial charge on any atom is 0.317 e. The molecule has 0 spiro atoms. The third kappa shape index (κ3) is 36.9. The Bertz CT molecular complexity index is 1210. The molecule has 0 saturated carbocycles. The van der Waals surface area contributed by atoms with E-state index in [-0.39, 0.29) is 38.7 Å². The second-order valence-corrected chi connectivity index (χ2v) is 18.0. The van der Waals surface area contributed by atoms with Crippen molar-refractivity contribution in [3.05, 3.63) is 29.8 Å². The Labute approximate surface area is 384 Å². The van der Waals surface area contributed by atoms with Crippen LogP contribution in [0.3, 0.4) is 0 Å². The first-order valence-corrected chi connectivity index (χ1v) is 25.8. The van der Waals surface area contributed by atoms with E-state index in [1.54, 1.807) is 0 Å². The van der Waals surface area contributed by atoms with Crippen LogP contribution in [0.1, 0.15) is 233 Å². The zero-order valence-corrected chi connectivity index (χ0v) is 41.0. The molecule has 0 heterocycles. The summed E-state index contributed by atoms with van der Waals surface area (Å²) in [6, 6.07) is 7.98. The lowest BCUT2D eigenvalue weighted by molar-refractivity contribution is -0.171. The summed E-state index contributed by atoms with van der Waals surface area (Å²) in [5.41, 5.74) is 1.22. The molecule has 1 rings (SSSR count). The number of carbonyl (C=O) groups is 4. The summed E-state index contributed by atoms with van der Waals surface area (Å²) in [6.07, 6.45) is 31.7. The highest BCUT2D eigenvalue weighted by molar-refractivity contribution is 5.91. The van der Waals surface area contributed by atoms with Gasteiger partial charge in [-0.1, -0.05) is 207 Å². The fourth-order valence-corrected chi connectivity index (χ4v) is 7.51. The number of carbonyl (C=O) groups excluding carboxylic acids is 4. The van der Waals surface area contributed by atoms with Crippen molar-refractivity contribution >= 4 is 23.9 Å². The largest absolute Gasteiger partial charge is 0.490 e. The molecule has 0 fully saturated rings. The molecule has 1 aromatic rings. The molecule has 0 bridgehead atoms. The average Bonchev–Trinajstić information content (AvgIpc) is 3.26. The number of benzene rings is 1. The smallest absolute Gasteiger partial charge is 0.317 e. The molecule has 0 radical (unpaired) electrons.